The Morgan fingerprint density at radius 3 is 2.24 bits per heavy atom. The topological polar surface area (TPSA) is 108 Å². The van der Waals surface area contributed by atoms with Crippen molar-refractivity contribution in [3.63, 3.8) is 0 Å². The molecule has 9 nitrogen and oxygen atoms in total. The van der Waals surface area contributed by atoms with Crippen LogP contribution in [0.3, 0.4) is 0 Å². The van der Waals surface area contributed by atoms with Crippen molar-refractivity contribution >= 4 is 37.3 Å². The number of rotatable bonds is 6. The van der Waals surface area contributed by atoms with Gasteiger partial charge in [0.05, 0.1) is 21.9 Å². The maximum Gasteiger partial charge on any atom is 0.255 e. The van der Waals surface area contributed by atoms with Crippen LogP contribution in [0, 0.1) is 0 Å². The normalized spacial score (nSPS) is 23.6. The average Bonchev–Trinajstić information content (AvgIpc) is 3.80. The van der Waals surface area contributed by atoms with E-state index in [9.17, 15) is 21.6 Å². The van der Waals surface area contributed by atoms with Crippen molar-refractivity contribution in [3.05, 3.63) is 47.2 Å². The second-order valence-corrected chi connectivity index (χ2v) is 15.2. The summed E-state index contributed by atoms with van der Waals surface area (Å²) in [5.74, 6) is 1.93. The van der Waals surface area contributed by atoms with Crippen LogP contribution in [0.5, 0.6) is 0 Å². The molecule has 2 aliphatic heterocycles. The molecule has 11 heteroatoms. The first kappa shape index (κ1) is 25.6. The zero-order valence-electron chi connectivity index (χ0n) is 21.8. The van der Waals surface area contributed by atoms with Crippen LogP contribution in [0.15, 0.2) is 35.4 Å². The number of anilines is 2. The van der Waals surface area contributed by atoms with Crippen molar-refractivity contribution in [1.82, 2.24) is 9.88 Å². The zero-order chi connectivity index (χ0) is 26.8. The molecule has 2 saturated heterocycles. The van der Waals surface area contributed by atoms with Gasteiger partial charge in [0.2, 0.25) is 10.0 Å². The number of aromatic nitrogens is 1. The highest BCUT2D eigenvalue weighted by Gasteiger charge is 2.37. The largest absolute Gasteiger partial charge is 0.353 e. The van der Waals surface area contributed by atoms with Gasteiger partial charge in [-0.05, 0) is 80.2 Å². The van der Waals surface area contributed by atoms with Crippen molar-refractivity contribution in [2.45, 2.75) is 61.8 Å². The summed E-state index contributed by atoms with van der Waals surface area (Å²) in [5, 5.41) is 0. The van der Waals surface area contributed by atoms with Crippen molar-refractivity contribution < 1.29 is 21.6 Å². The first-order chi connectivity index (χ1) is 18.0. The fourth-order valence-electron chi connectivity index (χ4n) is 5.74. The molecule has 0 unspecified atom stereocenters. The highest BCUT2D eigenvalue weighted by molar-refractivity contribution is 7.93. The third-order valence-corrected chi connectivity index (χ3v) is 11.3. The maximum atomic E-state index is 13.5. The summed E-state index contributed by atoms with van der Waals surface area (Å²) >= 11 is 0. The van der Waals surface area contributed by atoms with Gasteiger partial charge in [0, 0.05) is 44.7 Å². The summed E-state index contributed by atoms with van der Waals surface area (Å²) < 4.78 is 51.8. The number of carbonyl (C=O) groups is 1. The van der Waals surface area contributed by atoms with Crippen LogP contribution >= 0.6 is 0 Å². The molecule has 1 amide bonds. The number of carbonyl (C=O) groups excluding carboxylic acids is 1. The minimum atomic E-state index is -3.78. The molecule has 6 rings (SSSR count). The molecule has 2 aromatic rings. The predicted octanol–water partition coefficient (Wildman–Crippen LogP) is 3.13. The highest BCUT2D eigenvalue weighted by atomic mass is 32.2. The van der Waals surface area contributed by atoms with E-state index in [0.717, 1.165) is 12.1 Å². The fourth-order valence-corrected chi connectivity index (χ4v) is 8.55. The van der Waals surface area contributed by atoms with E-state index >= 15 is 0 Å². The molecule has 38 heavy (non-hydrogen) atoms. The number of nitrogens with zero attached hydrogens (tertiary/aromatic N) is 4. The Balaban J connectivity index is 1.22. The van der Waals surface area contributed by atoms with Crippen molar-refractivity contribution in [2.24, 2.45) is 0 Å². The third-order valence-electron chi connectivity index (χ3n) is 8.19. The third kappa shape index (κ3) is 4.79. The van der Waals surface area contributed by atoms with Gasteiger partial charge >= 0.3 is 0 Å². The Morgan fingerprint density at radius 2 is 1.66 bits per heavy atom. The summed E-state index contributed by atoms with van der Waals surface area (Å²) in [5.41, 5.74) is 3.04. The van der Waals surface area contributed by atoms with E-state index in [1.807, 2.05) is 6.20 Å². The lowest BCUT2D eigenvalue weighted by Crippen LogP contribution is -2.49. The molecule has 0 N–H and O–H groups in total. The molecule has 0 bridgehead atoms. The summed E-state index contributed by atoms with van der Waals surface area (Å²) in [6, 6.07) is 6.42. The monoisotopic (exact) mass is 558 g/mol. The van der Waals surface area contributed by atoms with Gasteiger partial charge in [0.25, 0.3) is 5.91 Å². The summed E-state index contributed by atoms with van der Waals surface area (Å²) in [7, 11) is -7.30. The molecule has 2 aliphatic carbocycles. The zero-order valence-corrected chi connectivity index (χ0v) is 23.5. The molecule has 4 fully saturated rings. The fraction of sp³-hybridized carbons (Fsp3) is 0.556. The smallest absolute Gasteiger partial charge is 0.255 e. The molecule has 1 aromatic carbocycles. The first-order valence-corrected chi connectivity index (χ1v) is 16.9. The molecule has 2 saturated carbocycles. The molecule has 0 radical (unpaired) electrons. The molecule has 1 atom stereocenters. The quantitative estimate of drug-likeness (QED) is 0.536. The van der Waals surface area contributed by atoms with E-state index in [4.69, 9.17) is 4.98 Å². The lowest BCUT2D eigenvalue weighted by Gasteiger charge is -2.36. The van der Waals surface area contributed by atoms with Crippen molar-refractivity contribution in [3.8, 4) is 0 Å². The van der Waals surface area contributed by atoms with Crippen LogP contribution in [-0.4, -0.2) is 76.9 Å². The number of pyridine rings is 1. The first-order valence-electron chi connectivity index (χ1n) is 13.4. The van der Waals surface area contributed by atoms with Crippen LogP contribution in [-0.2, 0) is 19.9 Å². The summed E-state index contributed by atoms with van der Waals surface area (Å²) in [4.78, 5) is 22.2. The second kappa shape index (κ2) is 9.22. The van der Waals surface area contributed by atoms with Crippen molar-refractivity contribution in [2.75, 3.05) is 47.4 Å². The van der Waals surface area contributed by atoms with E-state index in [2.05, 4.69) is 11.0 Å². The van der Waals surface area contributed by atoms with Gasteiger partial charge in [-0.25, -0.2) is 21.8 Å². The minimum absolute atomic E-state index is 0.0218. The van der Waals surface area contributed by atoms with Crippen LogP contribution in [0.1, 0.15) is 72.3 Å². The van der Waals surface area contributed by atoms with Gasteiger partial charge < -0.3 is 9.80 Å². The minimum Gasteiger partial charge on any atom is -0.353 e. The SMILES string of the molecule is C[C@@H]1CCS(=O)(=O)N1c1ccc(C(=O)N2CCN(c3ncc(C4CC4)cc3C3CC3)CC2)c(S(C)(=O)=O)c1. The van der Waals surface area contributed by atoms with Crippen LogP contribution < -0.4 is 9.21 Å². The summed E-state index contributed by atoms with van der Waals surface area (Å²) in [6.45, 7) is 3.95. The standard InChI is InChI=1S/C27H34N4O5S2/c1-18-9-14-38(35,36)31(18)22-7-8-23(25(16-22)37(2,33)34)27(32)30-12-10-29(11-13-30)26-24(20-5-6-20)15-21(17-28-26)19-3-4-19/h7-8,15-20H,3-6,9-14H2,1-2H3/t18-/m1/s1. The van der Waals surface area contributed by atoms with E-state index < -0.39 is 19.9 Å². The Bertz CT molecular complexity index is 1490. The molecule has 3 heterocycles. The molecular weight excluding hydrogens is 524 g/mol. The molecule has 4 aliphatic rings. The van der Waals surface area contributed by atoms with Gasteiger partial charge in [-0.1, -0.05) is 6.07 Å². The summed E-state index contributed by atoms with van der Waals surface area (Å²) in [6.07, 6.45) is 8.43. The number of piperazine rings is 1. The number of benzene rings is 1. The van der Waals surface area contributed by atoms with Crippen LogP contribution in [0.2, 0.25) is 0 Å². The van der Waals surface area contributed by atoms with Gasteiger partial charge in [-0.2, -0.15) is 0 Å². The van der Waals surface area contributed by atoms with Crippen LogP contribution in [0.4, 0.5) is 11.5 Å². The van der Waals surface area contributed by atoms with Gasteiger partial charge in [-0.3, -0.25) is 9.10 Å². The van der Waals surface area contributed by atoms with E-state index in [0.29, 0.717) is 44.4 Å². The van der Waals surface area contributed by atoms with Gasteiger partial charge in [0.15, 0.2) is 9.84 Å². The second-order valence-electron chi connectivity index (χ2n) is 11.2. The molecule has 0 spiro atoms. The number of sulfone groups is 1. The Labute approximate surface area is 224 Å². The van der Waals surface area contributed by atoms with Gasteiger partial charge in [0.1, 0.15) is 5.82 Å². The molecule has 1 aromatic heterocycles. The average molecular weight is 559 g/mol. The van der Waals surface area contributed by atoms with Gasteiger partial charge in [-0.15, -0.1) is 0 Å². The Kier molecular flexibility index (Phi) is 6.21. The Morgan fingerprint density at radius 1 is 0.974 bits per heavy atom. The Hall–Kier alpha value is -2.66. The number of amides is 1. The van der Waals surface area contributed by atoms with Crippen LogP contribution in [0.25, 0.3) is 0 Å². The maximum absolute atomic E-state index is 13.5. The predicted molar refractivity (Wildman–Crippen MR) is 146 cm³/mol. The number of hydrogen-bond donors (Lipinski definition) is 0. The molecule has 204 valence electrons. The highest BCUT2D eigenvalue weighted by Crippen LogP contribution is 2.47. The lowest BCUT2D eigenvalue weighted by atomic mass is 10.1. The van der Waals surface area contributed by atoms with E-state index in [1.165, 1.54) is 53.2 Å². The van der Waals surface area contributed by atoms with E-state index in [-0.39, 0.29) is 33.8 Å². The van der Waals surface area contributed by atoms with E-state index in [1.54, 1.807) is 17.9 Å². The lowest BCUT2D eigenvalue weighted by molar-refractivity contribution is 0.0742. The number of sulfonamides is 1. The molecular formula is C27H34N4O5S2. The van der Waals surface area contributed by atoms with Crippen molar-refractivity contribution in [1.29, 1.82) is 0 Å². The number of hydrogen-bond acceptors (Lipinski definition) is 7.